The van der Waals surface area contributed by atoms with Crippen LogP contribution in [0.1, 0.15) is 36.6 Å². The summed E-state index contributed by atoms with van der Waals surface area (Å²) in [6.07, 6.45) is -6.90. The summed E-state index contributed by atoms with van der Waals surface area (Å²) < 4.78 is 29.0. The number of hydrogen-bond donors (Lipinski definition) is 1. The quantitative estimate of drug-likeness (QED) is 0.200. The molecule has 5 atom stereocenters. The monoisotopic (exact) mass is 582 g/mol. The van der Waals surface area contributed by atoms with Gasteiger partial charge in [-0.25, -0.2) is 14.4 Å². The number of benzene rings is 4. The molecule has 4 aromatic carbocycles. The van der Waals surface area contributed by atoms with Gasteiger partial charge in [0.05, 0.1) is 29.9 Å². The SMILES string of the molecule is O=C(O[C@@H]1[C@@H](OC(=O)c2ccccc2)[C@H](O)O[C@H]1[C@@H](COCc1ccccc1)OC(=O)c1ccccc1)c1ccccc1. The average molecular weight is 583 g/mol. The molecule has 4 aromatic rings. The predicted molar refractivity (Wildman–Crippen MR) is 154 cm³/mol. The standard InChI is InChI=1S/C34H30O9/c35-31(24-15-7-2-8-16-24)40-27(22-39-21-23-13-5-1-6-14-23)28-29(42-32(36)25-17-9-3-10-18-25)30(34(38)41-28)43-33(37)26-19-11-4-12-20-26/h1-20,27-30,34,38H,21-22H2/t27-,28+,29+,30-,34-/m1/s1. The molecule has 1 N–H and O–H groups in total. The second-order valence-electron chi connectivity index (χ2n) is 9.77. The van der Waals surface area contributed by atoms with Crippen molar-refractivity contribution in [2.45, 2.75) is 37.3 Å². The Kier molecular flexibility index (Phi) is 9.91. The van der Waals surface area contributed by atoms with Gasteiger partial charge in [0.1, 0.15) is 6.10 Å². The van der Waals surface area contributed by atoms with Gasteiger partial charge in [-0.1, -0.05) is 84.9 Å². The van der Waals surface area contributed by atoms with Gasteiger partial charge in [0, 0.05) is 0 Å². The molecule has 0 aliphatic carbocycles. The van der Waals surface area contributed by atoms with Crippen LogP contribution in [0.2, 0.25) is 0 Å². The molecular weight excluding hydrogens is 552 g/mol. The molecular formula is C34H30O9. The van der Waals surface area contributed by atoms with E-state index in [4.69, 9.17) is 23.7 Å². The fraction of sp³-hybridized carbons (Fsp3) is 0.206. The highest BCUT2D eigenvalue weighted by Crippen LogP contribution is 2.31. The van der Waals surface area contributed by atoms with E-state index in [-0.39, 0.29) is 29.9 Å². The van der Waals surface area contributed by atoms with E-state index in [9.17, 15) is 19.5 Å². The van der Waals surface area contributed by atoms with Crippen LogP contribution in [-0.4, -0.2) is 60.3 Å². The maximum absolute atomic E-state index is 13.2. The summed E-state index contributed by atoms with van der Waals surface area (Å²) in [4.78, 5) is 39.3. The van der Waals surface area contributed by atoms with Crippen molar-refractivity contribution in [2.24, 2.45) is 0 Å². The molecule has 0 spiro atoms. The second-order valence-corrected chi connectivity index (χ2v) is 9.77. The Balaban J connectivity index is 1.42. The molecule has 5 rings (SSSR count). The molecule has 0 aromatic heterocycles. The zero-order valence-corrected chi connectivity index (χ0v) is 23.1. The first-order valence-corrected chi connectivity index (χ1v) is 13.7. The minimum atomic E-state index is -1.70. The molecule has 0 saturated carbocycles. The Morgan fingerprint density at radius 3 is 1.58 bits per heavy atom. The number of hydrogen-bond acceptors (Lipinski definition) is 9. The topological polar surface area (TPSA) is 118 Å². The molecule has 43 heavy (non-hydrogen) atoms. The number of aliphatic hydroxyl groups excluding tert-OH is 1. The molecule has 0 unspecified atom stereocenters. The van der Waals surface area contributed by atoms with Crippen molar-refractivity contribution >= 4 is 17.9 Å². The van der Waals surface area contributed by atoms with Crippen LogP contribution in [0.3, 0.4) is 0 Å². The molecule has 9 heteroatoms. The van der Waals surface area contributed by atoms with Gasteiger partial charge in [-0.2, -0.15) is 0 Å². The predicted octanol–water partition coefficient (Wildman–Crippen LogP) is 4.60. The largest absolute Gasteiger partial charge is 0.453 e. The minimum absolute atomic E-state index is 0.177. The van der Waals surface area contributed by atoms with Crippen LogP contribution in [0.25, 0.3) is 0 Å². The number of rotatable bonds is 11. The van der Waals surface area contributed by atoms with E-state index in [0.717, 1.165) is 5.56 Å². The van der Waals surface area contributed by atoms with Gasteiger partial charge in [0.15, 0.2) is 24.6 Å². The maximum atomic E-state index is 13.2. The van der Waals surface area contributed by atoms with Gasteiger partial charge in [-0.15, -0.1) is 0 Å². The summed E-state index contributed by atoms with van der Waals surface area (Å²) >= 11 is 0. The third-order valence-electron chi connectivity index (χ3n) is 6.76. The Bertz CT molecular complexity index is 1480. The lowest BCUT2D eigenvalue weighted by Gasteiger charge is -2.28. The molecule has 0 amide bonds. The summed E-state index contributed by atoms with van der Waals surface area (Å²) in [6.45, 7) is 0.0139. The molecule has 1 saturated heterocycles. The van der Waals surface area contributed by atoms with Crippen molar-refractivity contribution in [1.29, 1.82) is 0 Å². The van der Waals surface area contributed by atoms with Gasteiger partial charge >= 0.3 is 17.9 Å². The average Bonchev–Trinajstić information content (AvgIpc) is 3.35. The summed E-state index contributed by atoms with van der Waals surface area (Å²) in [6, 6.07) is 34.1. The molecule has 9 nitrogen and oxygen atoms in total. The van der Waals surface area contributed by atoms with Crippen LogP contribution < -0.4 is 0 Å². The third-order valence-corrected chi connectivity index (χ3v) is 6.76. The van der Waals surface area contributed by atoms with Crippen LogP contribution in [0, 0.1) is 0 Å². The zero-order valence-electron chi connectivity index (χ0n) is 23.1. The molecule has 220 valence electrons. The maximum Gasteiger partial charge on any atom is 0.338 e. The van der Waals surface area contributed by atoms with Gasteiger partial charge in [-0.05, 0) is 42.0 Å². The first-order chi connectivity index (χ1) is 21.0. The lowest BCUT2D eigenvalue weighted by molar-refractivity contribution is -0.156. The van der Waals surface area contributed by atoms with Crippen molar-refractivity contribution in [2.75, 3.05) is 6.61 Å². The first kappa shape index (κ1) is 29.7. The first-order valence-electron chi connectivity index (χ1n) is 13.7. The number of aliphatic hydroxyl groups is 1. The number of carbonyl (C=O) groups excluding carboxylic acids is 3. The number of carbonyl (C=O) groups is 3. The van der Waals surface area contributed by atoms with E-state index in [2.05, 4.69) is 0 Å². The Morgan fingerprint density at radius 2 is 1.07 bits per heavy atom. The number of esters is 3. The van der Waals surface area contributed by atoms with Crippen molar-refractivity contribution in [1.82, 2.24) is 0 Å². The summed E-state index contributed by atoms with van der Waals surface area (Å²) in [5.74, 6) is -2.18. The van der Waals surface area contributed by atoms with Crippen molar-refractivity contribution in [3.8, 4) is 0 Å². The Hall–Kier alpha value is -4.83. The molecule has 1 aliphatic heterocycles. The van der Waals surface area contributed by atoms with Crippen LogP contribution in [0.4, 0.5) is 0 Å². The third kappa shape index (κ3) is 7.72. The molecule has 0 radical (unpaired) electrons. The summed E-state index contributed by atoms with van der Waals surface area (Å²) in [7, 11) is 0. The summed E-state index contributed by atoms with van der Waals surface area (Å²) in [5, 5.41) is 10.9. The van der Waals surface area contributed by atoms with Crippen molar-refractivity contribution in [3.05, 3.63) is 144 Å². The molecule has 1 fully saturated rings. The van der Waals surface area contributed by atoms with E-state index in [1.807, 2.05) is 30.3 Å². The zero-order chi connectivity index (χ0) is 30.0. The van der Waals surface area contributed by atoms with Crippen LogP contribution in [-0.2, 0) is 30.3 Å². The van der Waals surface area contributed by atoms with Gasteiger partial charge in [-0.3, -0.25) is 0 Å². The normalized spacial score (nSPS) is 20.1. The second kappa shape index (κ2) is 14.4. The van der Waals surface area contributed by atoms with Crippen LogP contribution in [0.15, 0.2) is 121 Å². The van der Waals surface area contributed by atoms with Crippen molar-refractivity contribution in [3.63, 3.8) is 0 Å². The smallest absolute Gasteiger partial charge is 0.338 e. The highest BCUT2D eigenvalue weighted by molar-refractivity contribution is 5.91. The fourth-order valence-corrected chi connectivity index (χ4v) is 4.60. The fourth-order valence-electron chi connectivity index (χ4n) is 4.60. The lowest BCUT2D eigenvalue weighted by Crippen LogP contribution is -2.47. The van der Waals surface area contributed by atoms with Crippen molar-refractivity contribution < 1.29 is 43.2 Å². The Labute approximate surface area is 248 Å². The molecule has 1 aliphatic rings. The van der Waals surface area contributed by atoms with E-state index >= 15 is 0 Å². The van der Waals surface area contributed by atoms with E-state index in [0.29, 0.717) is 0 Å². The lowest BCUT2D eigenvalue weighted by atomic mass is 10.0. The minimum Gasteiger partial charge on any atom is -0.453 e. The van der Waals surface area contributed by atoms with Crippen LogP contribution >= 0.6 is 0 Å². The molecule has 1 heterocycles. The highest BCUT2D eigenvalue weighted by Gasteiger charge is 2.53. The van der Waals surface area contributed by atoms with Gasteiger partial charge in [0.25, 0.3) is 0 Å². The van der Waals surface area contributed by atoms with E-state index in [1.54, 1.807) is 91.0 Å². The van der Waals surface area contributed by atoms with Crippen LogP contribution in [0.5, 0.6) is 0 Å². The van der Waals surface area contributed by atoms with Gasteiger partial charge < -0.3 is 28.8 Å². The summed E-state index contributed by atoms with van der Waals surface area (Å²) in [5.41, 5.74) is 1.61. The molecule has 0 bridgehead atoms. The van der Waals surface area contributed by atoms with Gasteiger partial charge in [0.2, 0.25) is 0 Å². The number of ether oxygens (including phenoxy) is 5. The van der Waals surface area contributed by atoms with E-state index in [1.165, 1.54) is 0 Å². The highest BCUT2D eigenvalue weighted by atomic mass is 16.7. The Morgan fingerprint density at radius 1 is 0.628 bits per heavy atom. The van der Waals surface area contributed by atoms with E-state index < -0.39 is 48.6 Å².